The fraction of sp³-hybridized carbons (Fsp3) is 0.429. The van der Waals surface area contributed by atoms with Crippen LogP contribution in [0.1, 0.15) is 25.8 Å². The topological polar surface area (TPSA) is 93.4 Å². The van der Waals surface area contributed by atoms with E-state index in [2.05, 4.69) is 12.2 Å². The van der Waals surface area contributed by atoms with E-state index >= 15 is 0 Å². The molecule has 0 aliphatic carbocycles. The van der Waals surface area contributed by atoms with Gasteiger partial charge < -0.3 is 15.8 Å². The fourth-order valence-corrected chi connectivity index (χ4v) is 1.62. The van der Waals surface area contributed by atoms with Crippen LogP contribution in [0.25, 0.3) is 0 Å². The van der Waals surface area contributed by atoms with Crippen LogP contribution in [0.2, 0.25) is 0 Å². The Morgan fingerprint density at radius 1 is 1.40 bits per heavy atom. The van der Waals surface area contributed by atoms with Crippen molar-refractivity contribution in [1.29, 1.82) is 0 Å². The molecule has 0 radical (unpaired) electrons. The maximum atomic E-state index is 11.5. The number of benzene rings is 1. The Morgan fingerprint density at radius 2 is 2.15 bits per heavy atom. The summed E-state index contributed by atoms with van der Waals surface area (Å²) in [7, 11) is 0. The van der Waals surface area contributed by atoms with Gasteiger partial charge in [0.15, 0.2) is 6.10 Å². The first-order chi connectivity index (χ1) is 9.52. The summed E-state index contributed by atoms with van der Waals surface area (Å²) in [6.07, 6.45) is 0.280. The Bertz CT molecular complexity index is 463. The summed E-state index contributed by atoms with van der Waals surface area (Å²) >= 11 is 0. The van der Waals surface area contributed by atoms with Gasteiger partial charge >= 0.3 is 6.03 Å². The number of nitrogens with two attached hydrogens (primary N) is 1. The second-order valence-corrected chi connectivity index (χ2v) is 4.44. The normalized spacial score (nSPS) is 11.7. The SMILES string of the molecule is CCCNCc1cccc(OC(C)C(=O)NC(N)=O)c1. The van der Waals surface area contributed by atoms with Gasteiger partial charge in [-0.15, -0.1) is 0 Å². The molecular weight excluding hydrogens is 258 g/mol. The Balaban J connectivity index is 2.56. The summed E-state index contributed by atoms with van der Waals surface area (Å²) in [5.74, 6) is 0.0138. The van der Waals surface area contributed by atoms with Crippen molar-refractivity contribution in [3.63, 3.8) is 0 Å². The van der Waals surface area contributed by atoms with Gasteiger partial charge in [-0.1, -0.05) is 19.1 Å². The first-order valence-electron chi connectivity index (χ1n) is 6.59. The number of primary amides is 1. The Kier molecular flexibility index (Phi) is 6.52. The van der Waals surface area contributed by atoms with Crippen molar-refractivity contribution >= 4 is 11.9 Å². The minimum atomic E-state index is -0.886. The Morgan fingerprint density at radius 3 is 2.80 bits per heavy atom. The standard InChI is InChI=1S/C14H21N3O3/c1-3-7-16-9-11-5-4-6-12(8-11)20-10(2)13(18)17-14(15)19/h4-6,8,10,16H,3,7,9H2,1-2H3,(H3,15,17,18,19). The first-order valence-corrected chi connectivity index (χ1v) is 6.59. The molecule has 20 heavy (non-hydrogen) atoms. The number of ether oxygens (including phenoxy) is 1. The predicted molar refractivity (Wildman–Crippen MR) is 76.3 cm³/mol. The lowest BCUT2D eigenvalue weighted by Crippen LogP contribution is -2.42. The van der Waals surface area contributed by atoms with Gasteiger partial charge in [-0.25, -0.2) is 4.79 Å². The number of carbonyl (C=O) groups is 2. The van der Waals surface area contributed by atoms with Crippen molar-refractivity contribution in [3.8, 4) is 5.75 Å². The van der Waals surface area contributed by atoms with Crippen molar-refractivity contribution in [1.82, 2.24) is 10.6 Å². The second kappa shape index (κ2) is 8.16. The van der Waals surface area contributed by atoms with E-state index in [0.717, 1.165) is 25.1 Å². The average molecular weight is 279 g/mol. The zero-order valence-electron chi connectivity index (χ0n) is 11.8. The molecule has 0 fully saturated rings. The zero-order valence-corrected chi connectivity index (χ0v) is 11.8. The van der Waals surface area contributed by atoms with E-state index in [1.807, 2.05) is 23.5 Å². The number of hydrogen-bond donors (Lipinski definition) is 3. The molecule has 1 aromatic rings. The Hall–Kier alpha value is -2.08. The molecule has 0 saturated heterocycles. The summed E-state index contributed by atoms with van der Waals surface area (Å²) in [5, 5.41) is 5.27. The number of rotatable bonds is 7. The summed E-state index contributed by atoms with van der Waals surface area (Å²) in [5.41, 5.74) is 5.95. The molecule has 1 aromatic carbocycles. The molecule has 0 spiro atoms. The molecular formula is C14H21N3O3. The molecule has 6 nitrogen and oxygen atoms in total. The predicted octanol–water partition coefficient (Wildman–Crippen LogP) is 1.15. The van der Waals surface area contributed by atoms with E-state index in [9.17, 15) is 9.59 Å². The highest BCUT2D eigenvalue weighted by atomic mass is 16.5. The van der Waals surface area contributed by atoms with Crippen molar-refractivity contribution in [2.75, 3.05) is 6.54 Å². The maximum Gasteiger partial charge on any atom is 0.318 e. The monoisotopic (exact) mass is 279 g/mol. The van der Waals surface area contributed by atoms with Crippen LogP contribution < -0.4 is 21.1 Å². The van der Waals surface area contributed by atoms with Crippen LogP contribution in [0.5, 0.6) is 5.75 Å². The average Bonchev–Trinajstić information content (AvgIpc) is 2.38. The summed E-state index contributed by atoms with van der Waals surface area (Å²) in [6, 6.07) is 6.57. The number of carbonyl (C=O) groups excluding carboxylic acids is 2. The van der Waals surface area contributed by atoms with Gasteiger partial charge in [0.05, 0.1) is 0 Å². The van der Waals surface area contributed by atoms with Gasteiger partial charge in [0.25, 0.3) is 5.91 Å². The molecule has 0 aliphatic rings. The lowest BCUT2D eigenvalue weighted by atomic mass is 10.2. The fourth-order valence-electron chi connectivity index (χ4n) is 1.62. The van der Waals surface area contributed by atoms with Gasteiger partial charge in [-0.05, 0) is 37.6 Å². The van der Waals surface area contributed by atoms with E-state index < -0.39 is 18.0 Å². The molecule has 6 heteroatoms. The highest BCUT2D eigenvalue weighted by molar-refractivity contribution is 5.95. The third-order valence-electron chi connectivity index (χ3n) is 2.58. The number of amides is 3. The molecule has 0 bridgehead atoms. The minimum absolute atomic E-state index is 0.563. The van der Waals surface area contributed by atoms with E-state index in [4.69, 9.17) is 10.5 Å². The molecule has 0 heterocycles. The van der Waals surface area contributed by atoms with Gasteiger partial charge in [-0.2, -0.15) is 0 Å². The summed E-state index contributed by atoms with van der Waals surface area (Å²) < 4.78 is 5.48. The van der Waals surface area contributed by atoms with Gasteiger partial charge in [-0.3, -0.25) is 10.1 Å². The van der Waals surface area contributed by atoms with E-state index in [1.165, 1.54) is 0 Å². The number of nitrogens with one attached hydrogen (secondary N) is 2. The zero-order chi connectivity index (χ0) is 15.0. The van der Waals surface area contributed by atoms with Crippen LogP contribution >= 0.6 is 0 Å². The summed E-state index contributed by atoms with van der Waals surface area (Å²) in [6.45, 7) is 5.35. The largest absolute Gasteiger partial charge is 0.481 e. The molecule has 1 rings (SSSR count). The van der Waals surface area contributed by atoms with E-state index in [0.29, 0.717) is 5.75 Å². The molecule has 4 N–H and O–H groups in total. The van der Waals surface area contributed by atoms with Gasteiger partial charge in [0, 0.05) is 6.54 Å². The molecule has 0 aromatic heterocycles. The quantitative estimate of drug-likeness (QED) is 0.653. The Labute approximate surface area is 118 Å². The van der Waals surface area contributed by atoms with Crippen molar-refractivity contribution in [3.05, 3.63) is 29.8 Å². The molecule has 1 unspecified atom stereocenters. The number of imide groups is 1. The second-order valence-electron chi connectivity index (χ2n) is 4.44. The third-order valence-corrected chi connectivity index (χ3v) is 2.58. The summed E-state index contributed by atoms with van der Waals surface area (Å²) in [4.78, 5) is 22.1. The van der Waals surface area contributed by atoms with Crippen LogP contribution in [-0.2, 0) is 11.3 Å². The van der Waals surface area contributed by atoms with Gasteiger partial charge in [0.2, 0.25) is 0 Å². The highest BCUT2D eigenvalue weighted by Crippen LogP contribution is 2.15. The van der Waals surface area contributed by atoms with Crippen LogP contribution in [0, 0.1) is 0 Å². The van der Waals surface area contributed by atoms with Crippen molar-refractivity contribution in [2.45, 2.75) is 32.9 Å². The lowest BCUT2D eigenvalue weighted by molar-refractivity contribution is -0.126. The number of hydrogen-bond acceptors (Lipinski definition) is 4. The third kappa shape index (κ3) is 5.71. The van der Waals surface area contributed by atoms with Crippen LogP contribution in [-0.4, -0.2) is 24.6 Å². The molecule has 0 saturated carbocycles. The first kappa shape index (κ1) is 16.0. The van der Waals surface area contributed by atoms with Crippen LogP contribution in [0.4, 0.5) is 4.79 Å². The van der Waals surface area contributed by atoms with E-state index in [-0.39, 0.29) is 0 Å². The highest BCUT2D eigenvalue weighted by Gasteiger charge is 2.16. The van der Waals surface area contributed by atoms with E-state index in [1.54, 1.807) is 13.0 Å². The lowest BCUT2D eigenvalue weighted by Gasteiger charge is -2.14. The number of urea groups is 1. The molecule has 110 valence electrons. The van der Waals surface area contributed by atoms with Crippen LogP contribution in [0.15, 0.2) is 24.3 Å². The minimum Gasteiger partial charge on any atom is -0.481 e. The van der Waals surface area contributed by atoms with Gasteiger partial charge in [0.1, 0.15) is 5.75 Å². The van der Waals surface area contributed by atoms with Crippen LogP contribution in [0.3, 0.4) is 0 Å². The van der Waals surface area contributed by atoms with Crippen molar-refractivity contribution in [2.24, 2.45) is 5.73 Å². The molecule has 1 atom stereocenters. The molecule has 3 amide bonds. The molecule has 0 aliphatic heterocycles. The maximum absolute atomic E-state index is 11.5. The van der Waals surface area contributed by atoms with Crippen molar-refractivity contribution < 1.29 is 14.3 Å². The smallest absolute Gasteiger partial charge is 0.318 e.